The second kappa shape index (κ2) is 8.11. The number of aliphatic hydroxyl groups excluding tert-OH is 1. The van der Waals surface area contributed by atoms with Crippen molar-refractivity contribution >= 4 is 33.4 Å². The van der Waals surface area contributed by atoms with Crippen molar-refractivity contribution in [2.75, 3.05) is 6.61 Å². The van der Waals surface area contributed by atoms with Gasteiger partial charge in [-0.05, 0) is 53.4 Å². The molecule has 4 heterocycles. The van der Waals surface area contributed by atoms with Gasteiger partial charge >= 0.3 is 0 Å². The average molecular weight is 447 g/mol. The van der Waals surface area contributed by atoms with Gasteiger partial charge in [0.25, 0.3) is 5.56 Å². The lowest BCUT2D eigenvalue weighted by Gasteiger charge is -2.15. The predicted octanol–water partition coefficient (Wildman–Crippen LogP) is 4.46. The lowest BCUT2D eigenvalue weighted by Crippen LogP contribution is -2.22. The standard InChI is InChI=1S/C24H16ClFN4O2/c25-14-3-4-21(26)18(10-14)22-11-17(16-2-1-6-28-23(16)29-22)20-13-30(8-9-31)24(32)19-12-27-7-5-15(19)20/h1-7,10-13,31H,8-9H2. The molecule has 0 aliphatic carbocycles. The molecule has 0 unspecified atom stereocenters. The van der Waals surface area contributed by atoms with E-state index in [0.29, 0.717) is 27.1 Å². The Hall–Kier alpha value is -3.68. The van der Waals surface area contributed by atoms with E-state index >= 15 is 0 Å². The van der Waals surface area contributed by atoms with Crippen molar-refractivity contribution in [2.45, 2.75) is 6.54 Å². The molecule has 5 aromatic rings. The van der Waals surface area contributed by atoms with Crippen LogP contribution in [0, 0.1) is 5.82 Å². The molecule has 0 aliphatic rings. The fourth-order valence-electron chi connectivity index (χ4n) is 3.84. The van der Waals surface area contributed by atoms with Gasteiger partial charge in [0.05, 0.1) is 17.7 Å². The van der Waals surface area contributed by atoms with Gasteiger partial charge in [-0.1, -0.05) is 11.6 Å². The summed E-state index contributed by atoms with van der Waals surface area (Å²) in [5.41, 5.74) is 2.25. The normalized spacial score (nSPS) is 11.3. The minimum atomic E-state index is -0.456. The van der Waals surface area contributed by atoms with Gasteiger partial charge in [-0.2, -0.15) is 0 Å². The number of hydrogen-bond acceptors (Lipinski definition) is 5. The van der Waals surface area contributed by atoms with Gasteiger partial charge in [-0.15, -0.1) is 0 Å². The summed E-state index contributed by atoms with van der Waals surface area (Å²) in [6, 6.07) is 11.5. The minimum absolute atomic E-state index is 0.133. The Labute approximate surface area is 186 Å². The molecule has 0 saturated carbocycles. The quantitative estimate of drug-likeness (QED) is 0.441. The Kier molecular flexibility index (Phi) is 5.13. The summed E-state index contributed by atoms with van der Waals surface area (Å²) in [6.07, 6.45) is 6.43. The third-order valence-electron chi connectivity index (χ3n) is 5.31. The van der Waals surface area contributed by atoms with Gasteiger partial charge in [0.1, 0.15) is 5.82 Å². The summed E-state index contributed by atoms with van der Waals surface area (Å²) in [5.74, 6) is -0.456. The zero-order valence-corrected chi connectivity index (χ0v) is 17.4. The maximum Gasteiger partial charge on any atom is 0.260 e. The molecule has 8 heteroatoms. The maximum absolute atomic E-state index is 14.7. The van der Waals surface area contributed by atoms with Crippen LogP contribution in [-0.4, -0.2) is 31.2 Å². The number of nitrogens with zero attached hydrogens (tertiary/aromatic N) is 4. The number of aliphatic hydroxyl groups is 1. The molecule has 32 heavy (non-hydrogen) atoms. The topological polar surface area (TPSA) is 80.9 Å². The Morgan fingerprint density at radius 2 is 1.88 bits per heavy atom. The van der Waals surface area contributed by atoms with Crippen LogP contribution in [0.3, 0.4) is 0 Å². The van der Waals surface area contributed by atoms with Gasteiger partial charge in [-0.3, -0.25) is 9.78 Å². The van der Waals surface area contributed by atoms with E-state index in [2.05, 4.69) is 15.0 Å². The highest BCUT2D eigenvalue weighted by Crippen LogP contribution is 2.35. The largest absolute Gasteiger partial charge is 0.395 e. The van der Waals surface area contributed by atoms with Gasteiger partial charge in [0.2, 0.25) is 0 Å². The molecular formula is C24H16ClFN4O2. The first-order chi connectivity index (χ1) is 15.6. The molecule has 0 spiro atoms. The van der Waals surface area contributed by atoms with Crippen LogP contribution in [0.15, 0.2) is 72.0 Å². The van der Waals surface area contributed by atoms with Crippen LogP contribution in [0.25, 0.3) is 44.2 Å². The summed E-state index contributed by atoms with van der Waals surface area (Å²) in [5, 5.41) is 11.7. The number of fused-ring (bicyclic) bond motifs is 2. The van der Waals surface area contributed by atoms with Crippen molar-refractivity contribution in [3.63, 3.8) is 0 Å². The Morgan fingerprint density at radius 3 is 2.72 bits per heavy atom. The van der Waals surface area contributed by atoms with Crippen LogP contribution in [0.1, 0.15) is 0 Å². The average Bonchev–Trinajstić information content (AvgIpc) is 2.82. The van der Waals surface area contributed by atoms with Crippen LogP contribution in [0.2, 0.25) is 5.02 Å². The van der Waals surface area contributed by atoms with E-state index in [1.807, 2.05) is 6.07 Å². The third kappa shape index (κ3) is 3.41. The first-order valence-electron chi connectivity index (χ1n) is 9.86. The van der Waals surface area contributed by atoms with Crippen molar-refractivity contribution in [1.29, 1.82) is 0 Å². The maximum atomic E-state index is 14.7. The van der Waals surface area contributed by atoms with Gasteiger partial charge < -0.3 is 9.67 Å². The van der Waals surface area contributed by atoms with E-state index in [-0.39, 0.29) is 24.3 Å². The molecule has 158 valence electrons. The number of pyridine rings is 4. The number of benzene rings is 1. The van der Waals surface area contributed by atoms with Crippen LogP contribution in [0.5, 0.6) is 0 Å². The number of aromatic nitrogens is 4. The van der Waals surface area contributed by atoms with Crippen molar-refractivity contribution in [2.24, 2.45) is 0 Å². The molecule has 1 N–H and O–H groups in total. The number of rotatable bonds is 4. The highest BCUT2D eigenvalue weighted by Gasteiger charge is 2.17. The molecular weight excluding hydrogens is 431 g/mol. The third-order valence-corrected chi connectivity index (χ3v) is 5.54. The van der Waals surface area contributed by atoms with Crippen LogP contribution < -0.4 is 5.56 Å². The molecule has 0 saturated heterocycles. The van der Waals surface area contributed by atoms with Crippen LogP contribution in [-0.2, 0) is 6.54 Å². The predicted molar refractivity (Wildman–Crippen MR) is 122 cm³/mol. The number of halogens is 2. The summed E-state index contributed by atoms with van der Waals surface area (Å²) in [7, 11) is 0. The van der Waals surface area contributed by atoms with E-state index in [1.54, 1.807) is 36.8 Å². The zero-order chi connectivity index (χ0) is 22.2. The second-order valence-electron chi connectivity index (χ2n) is 7.24. The molecule has 6 nitrogen and oxygen atoms in total. The molecule has 5 rings (SSSR count). The summed E-state index contributed by atoms with van der Waals surface area (Å²) >= 11 is 6.11. The van der Waals surface area contributed by atoms with Crippen molar-refractivity contribution in [3.05, 3.63) is 88.4 Å². The molecule has 0 fully saturated rings. The van der Waals surface area contributed by atoms with Gasteiger partial charge in [-0.25, -0.2) is 14.4 Å². The van der Waals surface area contributed by atoms with Crippen LogP contribution in [0.4, 0.5) is 4.39 Å². The highest BCUT2D eigenvalue weighted by atomic mass is 35.5. The Bertz CT molecular complexity index is 1550. The summed E-state index contributed by atoms with van der Waals surface area (Å²) in [6.45, 7) is -0.0591. The summed E-state index contributed by atoms with van der Waals surface area (Å²) < 4.78 is 16.1. The van der Waals surface area contributed by atoms with Gasteiger partial charge in [0.15, 0.2) is 5.65 Å². The van der Waals surface area contributed by atoms with Crippen molar-refractivity contribution in [1.82, 2.24) is 19.5 Å². The van der Waals surface area contributed by atoms with E-state index in [0.717, 1.165) is 16.5 Å². The second-order valence-corrected chi connectivity index (χ2v) is 7.68. The van der Waals surface area contributed by atoms with E-state index in [4.69, 9.17) is 11.6 Å². The van der Waals surface area contributed by atoms with Gasteiger partial charge in [0, 0.05) is 52.9 Å². The van der Waals surface area contributed by atoms with Crippen LogP contribution >= 0.6 is 11.6 Å². The SMILES string of the molecule is O=c1c2cnccc2c(-c2cc(-c3cc(Cl)ccc3F)nc3ncccc23)cn1CCO. The lowest BCUT2D eigenvalue weighted by molar-refractivity contribution is 0.274. The molecule has 0 radical (unpaired) electrons. The smallest absolute Gasteiger partial charge is 0.260 e. The lowest BCUT2D eigenvalue weighted by atomic mass is 9.97. The molecule has 0 atom stereocenters. The molecule has 0 aliphatic heterocycles. The van der Waals surface area contributed by atoms with Crippen molar-refractivity contribution < 1.29 is 9.50 Å². The van der Waals surface area contributed by atoms with E-state index in [9.17, 15) is 14.3 Å². The van der Waals surface area contributed by atoms with Crippen molar-refractivity contribution in [3.8, 4) is 22.4 Å². The molecule has 1 aromatic carbocycles. The fraction of sp³-hybridized carbons (Fsp3) is 0.0833. The fourth-order valence-corrected chi connectivity index (χ4v) is 4.01. The minimum Gasteiger partial charge on any atom is -0.395 e. The highest BCUT2D eigenvalue weighted by molar-refractivity contribution is 6.30. The van der Waals surface area contributed by atoms with E-state index < -0.39 is 5.82 Å². The molecule has 4 aromatic heterocycles. The first kappa shape index (κ1) is 20.2. The Morgan fingerprint density at radius 1 is 1.00 bits per heavy atom. The zero-order valence-electron chi connectivity index (χ0n) is 16.7. The monoisotopic (exact) mass is 446 g/mol. The molecule has 0 bridgehead atoms. The van der Waals surface area contributed by atoms with E-state index in [1.165, 1.54) is 29.0 Å². The first-order valence-corrected chi connectivity index (χ1v) is 10.2. The molecule has 0 amide bonds. The Balaban J connectivity index is 1.89. The summed E-state index contributed by atoms with van der Waals surface area (Å²) in [4.78, 5) is 25.9. The number of hydrogen-bond donors (Lipinski definition) is 1.